The SMILES string of the molecule is CN1CCC(CNCC(=O)NCCC#N)C1. The zero-order valence-electron chi connectivity index (χ0n) is 9.83. The maximum Gasteiger partial charge on any atom is 0.233 e. The third-order valence-electron chi connectivity index (χ3n) is 2.77. The summed E-state index contributed by atoms with van der Waals surface area (Å²) in [5, 5.41) is 14.1. The van der Waals surface area contributed by atoms with Gasteiger partial charge in [0.25, 0.3) is 0 Å². The molecule has 1 rings (SSSR count). The fourth-order valence-corrected chi connectivity index (χ4v) is 1.90. The van der Waals surface area contributed by atoms with Crippen molar-refractivity contribution >= 4 is 5.91 Å². The number of hydrogen-bond acceptors (Lipinski definition) is 4. The summed E-state index contributed by atoms with van der Waals surface area (Å²) in [6.45, 7) is 3.97. The summed E-state index contributed by atoms with van der Waals surface area (Å²) >= 11 is 0. The van der Waals surface area contributed by atoms with Gasteiger partial charge in [0.1, 0.15) is 0 Å². The van der Waals surface area contributed by atoms with Gasteiger partial charge in [0.05, 0.1) is 19.0 Å². The lowest BCUT2D eigenvalue weighted by Gasteiger charge is -2.11. The van der Waals surface area contributed by atoms with Crippen molar-refractivity contribution in [2.24, 2.45) is 5.92 Å². The van der Waals surface area contributed by atoms with Gasteiger partial charge in [0, 0.05) is 13.1 Å². The molecule has 0 saturated carbocycles. The van der Waals surface area contributed by atoms with Gasteiger partial charge in [-0.15, -0.1) is 0 Å². The molecule has 5 heteroatoms. The topological polar surface area (TPSA) is 68.2 Å². The Kier molecular flexibility index (Phi) is 5.83. The Morgan fingerprint density at radius 2 is 2.44 bits per heavy atom. The second-order valence-electron chi connectivity index (χ2n) is 4.31. The van der Waals surface area contributed by atoms with E-state index in [4.69, 9.17) is 5.26 Å². The maximum atomic E-state index is 11.3. The first kappa shape index (κ1) is 12.9. The summed E-state index contributed by atoms with van der Waals surface area (Å²) in [7, 11) is 2.12. The van der Waals surface area contributed by atoms with Crippen LogP contribution in [-0.4, -0.2) is 50.6 Å². The van der Waals surface area contributed by atoms with E-state index in [1.807, 2.05) is 6.07 Å². The van der Waals surface area contributed by atoms with E-state index in [-0.39, 0.29) is 5.91 Å². The summed E-state index contributed by atoms with van der Waals surface area (Å²) in [5.74, 6) is 0.638. The normalized spacial score (nSPS) is 20.6. The quantitative estimate of drug-likeness (QED) is 0.600. The van der Waals surface area contributed by atoms with E-state index in [0.717, 1.165) is 19.6 Å². The molecule has 0 spiro atoms. The lowest BCUT2D eigenvalue weighted by atomic mass is 10.1. The lowest BCUT2D eigenvalue weighted by molar-refractivity contribution is -0.120. The molecule has 1 unspecified atom stereocenters. The first-order valence-electron chi connectivity index (χ1n) is 5.75. The summed E-state index contributed by atoms with van der Waals surface area (Å²) < 4.78 is 0. The van der Waals surface area contributed by atoms with Gasteiger partial charge in [-0.05, 0) is 32.5 Å². The Balaban J connectivity index is 1.98. The molecule has 1 aliphatic rings. The first-order chi connectivity index (χ1) is 7.72. The summed E-state index contributed by atoms with van der Waals surface area (Å²) in [4.78, 5) is 13.6. The van der Waals surface area contributed by atoms with E-state index in [1.54, 1.807) is 0 Å². The minimum Gasteiger partial charge on any atom is -0.354 e. The zero-order chi connectivity index (χ0) is 11.8. The molecule has 0 aliphatic carbocycles. The minimum atomic E-state index is -0.0263. The fourth-order valence-electron chi connectivity index (χ4n) is 1.90. The Labute approximate surface area is 96.8 Å². The van der Waals surface area contributed by atoms with Crippen LogP contribution in [0.1, 0.15) is 12.8 Å². The number of rotatable bonds is 6. The number of nitrogens with one attached hydrogen (secondary N) is 2. The highest BCUT2D eigenvalue weighted by Crippen LogP contribution is 2.12. The Morgan fingerprint density at radius 1 is 1.62 bits per heavy atom. The number of carbonyl (C=O) groups is 1. The average molecular weight is 224 g/mol. The highest BCUT2D eigenvalue weighted by atomic mass is 16.1. The fraction of sp³-hybridized carbons (Fsp3) is 0.818. The second-order valence-corrected chi connectivity index (χ2v) is 4.31. The monoisotopic (exact) mass is 224 g/mol. The van der Waals surface area contributed by atoms with Gasteiger partial charge < -0.3 is 15.5 Å². The molecule has 1 atom stereocenters. The molecule has 0 aromatic heterocycles. The lowest BCUT2D eigenvalue weighted by Crippen LogP contribution is -2.36. The molecule has 0 bridgehead atoms. The number of carbonyl (C=O) groups excluding carboxylic acids is 1. The van der Waals surface area contributed by atoms with Gasteiger partial charge in [0.2, 0.25) is 5.91 Å². The highest BCUT2D eigenvalue weighted by molar-refractivity contribution is 5.77. The van der Waals surface area contributed by atoms with Crippen molar-refractivity contribution in [1.29, 1.82) is 5.26 Å². The van der Waals surface area contributed by atoms with E-state index in [9.17, 15) is 4.79 Å². The van der Waals surface area contributed by atoms with Crippen LogP contribution in [0.5, 0.6) is 0 Å². The van der Waals surface area contributed by atoms with E-state index in [0.29, 0.717) is 25.4 Å². The molecule has 1 fully saturated rings. The van der Waals surface area contributed by atoms with E-state index < -0.39 is 0 Å². The maximum absolute atomic E-state index is 11.3. The largest absolute Gasteiger partial charge is 0.354 e. The van der Waals surface area contributed by atoms with Crippen LogP contribution < -0.4 is 10.6 Å². The summed E-state index contributed by atoms with van der Waals surface area (Å²) in [5.41, 5.74) is 0. The predicted octanol–water partition coefficient (Wildman–Crippen LogP) is -0.442. The number of nitriles is 1. The number of likely N-dealkylation sites (tertiary alicyclic amines) is 1. The van der Waals surface area contributed by atoms with Gasteiger partial charge >= 0.3 is 0 Å². The van der Waals surface area contributed by atoms with Crippen molar-refractivity contribution in [3.63, 3.8) is 0 Å². The van der Waals surface area contributed by atoms with E-state index in [2.05, 4.69) is 22.6 Å². The molecule has 1 saturated heterocycles. The molecule has 0 radical (unpaired) electrons. The molecular formula is C11H20N4O. The van der Waals surface area contributed by atoms with Crippen molar-refractivity contribution < 1.29 is 4.79 Å². The van der Waals surface area contributed by atoms with Crippen LogP contribution in [0, 0.1) is 17.2 Å². The molecule has 16 heavy (non-hydrogen) atoms. The van der Waals surface area contributed by atoms with Crippen molar-refractivity contribution in [3.8, 4) is 6.07 Å². The van der Waals surface area contributed by atoms with Gasteiger partial charge in [-0.2, -0.15) is 5.26 Å². The third kappa shape index (κ3) is 5.10. The van der Waals surface area contributed by atoms with Crippen LogP contribution in [0.3, 0.4) is 0 Å². The third-order valence-corrected chi connectivity index (χ3v) is 2.77. The number of amides is 1. The standard InChI is InChI=1S/C11H20N4O/c1-15-6-3-10(9-15)7-13-8-11(16)14-5-2-4-12/h10,13H,2-3,5-9H2,1H3,(H,14,16). The molecule has 0 aromatic carbocycles. The Hall–Kier alpha value is -1.12. The predicted molar refractivity (Wildman–Crippen MR) is 61.7 cm³/mol. The van der Waals surface area contributed by atoms with Crippen molar-refractivity contribution in [2.45, 2.75) is 12.8 Å². The van der Waals surface area contributed by atoms with E-state index >= 15 is 0 Å². The van der Waals surface area contributed by atoms with Crippen LogP contribution in [-0.2, 0) is 4.79 Å². The molecule has 2 N–H and O–H groups in total. The molecule has 1 amide bonds. The van der Waals surface area contributed by atoms with Crippen LogP contribution in [0.25, 0.3) is 0 Å². The van der Waals surface area contributed by atoms with Gasteiger partial charge in [-0.3, -0.25) is 4.79 Å². The van der Waals surface area contributed by atoms with Crippen molar-refractivity contribution in [3.05, 3.63) is 0 Å². The minimum absolute atomic E-state index is 0.0263. The Morgan fingerprint density at radius 3 is 3.06 bits per heavy atom. The smallest absolute Gasteiger partial charge is 0.233 e. The molecule has 90 valence electrons. The zero-order valence-corrected chi connectivity index (χ0v) is 9.83. The van der Waals surface area contributed by atoms with Crippen molar-refractivity contribution in [1.82, 2.24) is 15.5 Å². The summed E-state index contributed by atoms with van der Waals surface area (Å²) in [6, 6.07) is 1.99. The number of hydrogen-bond donors (Lipinski definition) is 2. The van der Waals surface area contributed by atoms with Crippen LogP contribution in [0.4, 0.5) is 0 Å². The molecule has 1 heterocycles. The molecular weight excluding hydrogens is 204 g/mol. The van der Waals surface area contributed by atoms with Crippen LogP contribution in [0.2, 0.25) is 0 Å². The van der Waals surface area contributed by atoms with Crippen molar-refractivity contribution in [2.75, 3.05) is 39.8 Å². The Bertz CT molecular complexity index is 261. The molecule has 0 aromatic rings. The van der Waals surface area contributed by atoms with Crippen LogP contribution in [0.15, 0.2) is 0 Å². The highest BCUT2D eigenvalue weighted by Gasteiger charge is 2.18. The average Bonchev–Trinajstić information content (AvgIpc) is 2.65. The van der Waals surface area contributed by atoms with Gasteiger partial charge in [-0.1, -0.05) is 0 Å². The molecule has 1 aliphatic heterocycles. The van der Waals surface area contributed by atoms with Crippen LogP contribution >= 0.6 is 0 Å². The van der Waals surface area contributed by atoms with E-state index in [1.165, 1.54) is 6.42 Å². The second kappa shape index (κ2) is 7.20. The number of nitrogens with zero attached hydrogens (tertiary/aromatic N) is 2. The molecule has 5 nitrogen and oxygen atoms in total. The van der Waals surface area contributed by atoms with Gasteiger partial charge in [-0.25, -0.2) is 0 Å². The first-order valence-corrected chi connectivity index (χ1v) is 5.75. The summed E-state index contributed by atoms with van der Waals surface area (Å²) in [6.07, 6.45) is 1.58. The van der Waals surface area contributed by atoms with Gasteiger partial charge in [0.15, 0.2) is 0 Å².